The van der Waals surface area contributed by atoms with Gasteiger partial charge in [0.25, 0.3) is 0 Å². The molecule has 0 spiro atoms. The van der Waals surface area contributed by atoms with Crippen molar-refractivity contribution >= 4 is 29.7 Å². The number of carbonyl (C=O) groups excluding carboxylic acids is 1. The van der Waals surface area contributed by atoms with Gasteiger partial charge in [-0.3, -0.25) is 9.78 Å². The highest BCUT2D eigenvalue weighted by molar-refractivity contribution is 6.37. The molecule has 1 amide bonds. The lowest BCUT2D eigenvalue weighted by molar-refractivity contribution is -0.109. The van der Waals surface area contributed by atoms with E-state index in [9.17, 15) is 4.79 Å². The molecule has 0 aliphatic heterocycles. The summed E-state index contributed by atoms with van der Waals surface area (Å²) < 4.78 is 0. The maximum Gasteiger partial charge on any atom is 0.207 e. The zero-order valence-electron chi connectivity index (χ0n) is 12.3. The summed E-state index contributed by atoms with van der Waals surface area (Å²) in [5, 5.41) is 3.46. The highest BCUT2D eigenvalue weighted by Gasteiger charge is 2.19. The molecule has 0 fully saturated rings. The first-order valence-electron chi connectivity index (χ1n) is 7.09. The standard InChI is InChI=1S/C17H19ClN2O/c1-3-5-14-12(4-2)8-9-19-17(14)15-10-13(20-11-21)6-7-16(15)18/h3,5,7-11,13H,4,6H2,1-2H3,(H,20,21). The molecule has 1 aromatic rings. The molecule has 0 saturated carbocycles. The summed E-state index contributed by atoms with van der Waals surface area (Å²) in [6.45, 7) is 4.11. The van der Waals surface area contributed by atoms with Crippen LogP contribution in [-0.4, -0.2) is 17.4 Å². The largest absolute Gasteiger partial charge is 0.352 e. The Labute approximate surface area is 130 Å². The highest BCUT2D eigenvalue weighted by atomic mass is 35.5. The molecule has 1 N–H and O–H groups in total. The van der Waals surface area contributed by atoms with Crippen LogP contribution in [0.15, 0.2) is 35.5 Å². The van der Waals surface area contributed by atoms with E-state index in [0.717, 1.165) is 23.3 Å². The van der Waals surface area contributed by atoms with E-state index in [-0.39, 0.29) is 6.04 Å². The number of aryl methyl sites for hydroxylation is 1. The number of carbonyl (C=O) groups is 1. The van der Waals surface area contributed by atoms with Gasteiger partial charge >= 0.3 is 0 Å². The molecule has 1 aliphatic carbocycles. The van der Waals surface area contributed by atoms with Crippen LogP contribution in [0.3, 0.4) is 0 Å². The first-order valence-corrected chi connectivity index (χ1v) is 7.47. The van der Waals surface area contributed by atoms with Crippen LogP contribution in [0.1, 0.15) is 37.1 Å². The number of rotatable bonds is 5. The van der Waals surface area contributed by atoms with Crippen molar-refractivity contribution in [3.63, 3.8) is 0 Å². The van der Waals surface area contributed by atoms with Gasteiger partial charge in [-0.25, -0.2) is 0 Å². The second kappa shape index (κ2) is 7.23. The Hall–Kier alpha value is -1.87. The number of hydrogen-bond donors (Lipinski definition) is 1. The Morgan fingerprint density at radius 1 is 1.52 bits per heavy atom. The molecule has 1 aromatic heterocycles. The van der Waals surface area contributed by atoms with E-state index in [1.807, 2.05) is 37.4 Å². The summed E-state index contributed by atoms with van der Waals surface area (Å²) in [5.41, 5.74) is 4.07. The minimum Gasteiger partial charge on any atom is -0.352 e. The van der Waals surface area contributed by atoms with Gasteiger partial charge in [-0.15, -0.1) is 0 Å². The predicted molar refractivity (Wildman–Crippen MR) is 87.8 cm³/mol. The zero-order chi connectivity index (χ0) is 15.2. The first kappa shape index (κ1) is 15.5. The van der Waals surface area contributed by atoms with Crippen molar-refractivity contribution in [3.05, 3.63) is 52.3 Å². The Morgan fingerprint density at radius 2 is 2.33 bits per heavy atom. The predicted octanol–water partition coefficient (Wildman–Crippen LogP) is 3.70. The van der Waals surface area contributed by atoms with Crippen molar-refractivity contribution in [3.8, 4) is 0 Å². The molecule has 3 nitrogen and oxygen atoms in total. The van der Waals surface area contributed by atoms with E-state index in [0.29, 0.717) is 17.9 Å². The van der Waals surface area contributed by atoms with Crippen molar-refractivity contribution in [1.29, 1.82) is 0 Å². The first-order chi connectivity index (χ1) is 10.2. The minimum absolute atomic E-state index is 0.0365. The number of nitrogens with one attached hydrogen (secondary N) is 1. The third-order valence-corrected chi connectivity index (χ3v) is 3.87. The molecule has 1 aliphatic rings. The lowest BCUT2D eigenvalue weighted by atomic mass is 9.94. The van der Waals surface area contributed by atoms with Gasteiger partial charge in [0.2, 0.25) is 6.41 Å². The maximum atomic E-state index is 10.6. The number of amides is 1. The van der Waals surface area contributed by atoms with Gasteiger partial charge in [0.1, 0.15) is 0 Å². The molecule has 21 heavy (non-hydrogen) atoms. The third kappa shape index (κ3) is 3.42. The van der Waals surface area contributed by atoms with E-state index in [2.05, 4.69) is 23.3 Å². The van der Waals surface area contributed by atoms with E-state index in [4.69, 9.17) is 11.6 Å². The van der Waals surface area contributed by atoms with Crippen LogP contribution >= 0.6 is 11.6 Å². The monoisotopic (exact) mass is 302 g/mol. The van der Waals surface area contributed by atoms with Gasteiger partial charge in [-0.05, 0) is 31.4 Å². The van der Waals surface area contributed by atoms with Gasteiger partial charge in [0.15, 0.2) is 0 Å². The zero-order valence-corrected chi connectivity index (χ0v) is 13.0. The number of hydrogen-bond acceptors (Lipinski definition) is 2. The third-order valence-electron chi connectivity index (χ3n) is 3.51. The van der Waals surface area contributed by atoms with E-state index in [1.54, 1.807) is 0 Å². The summed E-state index contributed by atoms with van der Waals surface area (Å²) >= 11 is 6.36. The molecule has 0 saturated heterocycles. The van der Waals surface area contributed by atoms with Crippen molar-refractivity contribution in [2.75, 3.05) is 0 Å². The molecular formula is C17H19ClN2O. The van der Waals surface area contributed by atoms with Crippen molar-refractivity contribution in [2.45, 2.75) is 32.7 Å². The quantitative estimate of drug-likeness (QED) is 0.843. The average molecular weight is 303 g/mol. The molecule has 2 rings (SSSR count). The molecular weight excluding hydrogens is 284 g/mol. The van der Waals surface area contributed by atoms with Crippen LogP contribution in [-0.2, 0) is 11.2 Å². The van der Waals surface area contributed by atoms with Gasteiger partial charge in [0.05, 0.1) is 11.7 Å². The van der Waals surface area contributed by atoms with Crippen molar-refractivity contribution in [2.24, 2.45) is 0 Å². The summed E-state index contributed by atoms with van der Waals surface area (Å²) in [7, 11) is 0. The van der Waals surface area contributed by atoms with Crippen LogP contribution in [0.2, 0.25) is 0 Å². The Kier molecular flexibility index (Phi) is 5.34. The Morgan fingerprint density at radius 3 is 3.00 bits per heavy atom. The number of aromatic nitrogens is 1. The van der Waals surface area contributed by atoms with E-state index in [1.165, 1.54) is 5.56 Å². The second-order valence-corrected chi connectivity index (χ2v) is 5.25. The molecule has 110 valence electrons. The minimum atomic E-state index is -0.0365. The lowest BCUT2D eigenvalue weighted by Gasteiger charge is -2.20. The highest BCUT2D eigenvalue weighted by Crippen LogP contribution is 2.33. The number of allylic oxidation sites excluding steroid dienone is 3. The van der Waals surface area contributed by atoms with Crippen molar-refractivity contribution < 1.29 is 4.79 Å². The summed E-state index contributed by atoms with van der Waals surface area (Å²) in [6, 6.07) is 1.99. The normalized spacial score (nSPS) is 18.3. The number of nitrogens with zero attached hydrogens (tertiary/aromatic N) is 1. The summed E-state index contributed by atoms with van der Waals surface area (Å²) in [4.78, 5) is 15.2. The molecule has 1 atom stereocenters. The molecule has 0 radical (unpaired) electrons. The molecule has 1 unspecified atom stereocenters. The SMILES string of the molecule is CC=Cc1c(CC)ccnc1C1=CC(NC=O)CC=C1Cl. The van der Waals surface area contributed by atoms with E-state index >= 15 is 0 Å². The fourth-order valence-electron chi connectivity index (χ4n) is 2.47. The number of pyridine rings is 1. The second-order valence-electron chi connectivity index (χ2n) is 4.85. The van der Waals surface area contributed by atoms with Gasteiger partial charge in [-0.1, -0.05) is 42.8 Å². The van der Waals surface area contributed by atoms with Gasteiger partial charge < -0.3 is 5.32 Å². The molecule has 0 aromatic carbocycles. The Bertz CT molecular complexity index is 617. The van der Waals surface area contributed by atoms with Crippen molar-refractivity contribution in [1.82, 2.24) is 10.3 Å². The fraction of sp³-hybridized carbons (Fsp3) is 0.294. The van der Waals surface area contributed by atoms with Crippen LogP contribution in [0.5, 0.6) is 0 Å². The lowest BCUT2D eigenvalue weighted by Crippen LogP contribution is -2.27. The Balaban J connectivity index is 2.53. The summed E-state index contributed by atoms with van der Waals surface area (Å²) in [6.07, 6.45) is 12.1. The maximum absolute atomic E-state index is 10.6. The average Bonchev–Trinajstić information content (AvgIpc) is 2.50. The van der Waals surface area contributed by atoms with Crippen LogP contribution < -0.4 is 5.32 Å². The van der Waals surface area contributed by atoms with Crippen LogP contribution in [0, 0.1) is 0 Å². The van der Waals surface area contributed by atoms with Gasteiger partial charge in [-0.2, -0.15) is 0 Å². The number of halogens is 1. The van der Waals surface area contributed by atoms with Gasteiger partial charge in [0, 0.05) is 22.4 Å². The molecule has 4 heteroatoms. The molecule has 0 bridgehead atoms. The molecule has 1 heterocycles. The fourth-order valence-corrected chi connectivity index (χ4v) is 2.72. The van der Waals surface area contributed by atoms with E-state index < -0.39 is 0 Å². The van der Waals surface area contributed by atoms with Crippen LogP contribution in [0.25, 0.3) is 11.6 Å². The van der Waals surface area contributed by atoms with Crippen LogP contribution in [0.4, 0.5) is 0 Å². The summed E-state index contributed by atoms with van der Waals surface area (Å²) in [5.74, 6) is 0. The smallest absolute Gasteiger partial charge is 0.207 e. The topological polar surface area (TPSA) is 42.0 Å².